The number of nitrogens with zero attached hydrogens (tertiary/aromatic N) is 1. The largest absolute Gasteiger partial charge is 0.481 e. The Balaban J connectivity index is 1.94. The van der Waals surface area contributed by atoms with Crippen molar-refractivity contribution in [1.82, 2.24) is 0 Å². The molecule has 3 rings (SSSR count). The van der Waals surface area contributed by atoms with Crippen LogP contribution >= 0.6 is 0 Å². The van der Waals surface area contributed by atoms with E-state index in [1.54, 1.807) is 49.4 Å². The molecular weight excluding hydrogens is 434 g/mol. The van der Waals surface area contributed by atoms with Crippen molar-refractivity contribution in [2.24, 2.45) is 0 Å². The van der Waals surface area contributed by atoms with Gasteiger partial charge in [0.15, 0.2) is 6.10 Å². The maximum absolute atomic E-state index is 13.5. The molecule has 3 aromatic carbocycles. The van der Waals surface area contributed by atoms with E-state index in [0.29, 0.717) is 5.75 Å². The fourth-order valence-corrected chi connectivity index (χ4v) is 4.90. The zero-order valence-corrected chi connectivity index (χ0v) is 20.6. The summed E-state index contributed by atoms with van der Waals surface area (Å²) in [6.07, 6.45) is -0.209. The Hall–Kier alpha value is -3.12. The lowest BCUT2D eigenvalue weighted by Gasteiger charge is -2.26. The second-order valence-electron chi connectivity index (χ2n) is 8.98. The fourth-order valence-electron chi connectivity index (χ4n) is 3.40. The maximum Gasteiger partial charge on any atom is 0.281 e. The first kappa shape index (κ1) is 24.5. The van der Waals surface area contributed by atoms with Gasteiger partial charge in [0.25, 0.3) is 15.9 Å². The van der Waals surface area contributed by atoms with Gasteiger partial charge < -0.3 is 4.74 Å². The monoisotopic (exact) mass is 465 g/mol. The molecule has 0 spiro atoms. The zero-order valence-electron chi connectivity index (χ0n) is 19.8. The predicted octanol–water partition coefficient (Wildman–Crippen LogP) is 5.74. The first-order valence-electron chi connectivity index (χ1n) is 11.0. The van der Waals surface area contributed by atoms with Crippen LogP contribution < -0.4 is 9.04 Å². The molecule has 0 radical (unpaired) electrons. The van der Waals surface area contributed by atoms with Crippen LogP contribution in [0.5, 0.6) is 5.75 Å². The molecule has 0 fully saturated rings. The second kappa shape index (κ2) is 9.79. The first-order chi connectivity index (χ1) is 15.5. The third-order valence-corrected chi connectivity index (χ3v) is 7.18. The van der Waals surface area contributed by atoms with Crippen molar-refractivity contribution in [2.45, 2.75) is 57.5 Å². The van der Waals surface area contributed by atoms with Crippen LogP contribution in [0.25, 0.3) is 0 Å². The standard InChI is InChI=1S/C27H31NO4S/c1-6-21-12-16-23(17-13-21)28(33(30,31)25-10-8-7-9-11-25)26(29)20(2)32-24-18-14-22(15-19-24)27(3,4)5/h7-20H,6H2,1-5H3. The van der Waals surface area contributed by atoms with Gasteiger partial charge in [0.05, 0.1) is 10.6 Å². The minimum absolute atomic E-state index is 0.00875. The molecule has 1 amide bonds. The Morgan fingerprint density at radius 3 is 2.00 bits per heavy atom. The van der Waals surface area contributed by atoms with Crippen LogP contribution in [0.3, 0.4) is 0 Å². The summed E-state index contributed by atoms with van der Waals surface area (Å²) in [6, 6.07) is 22.4. The van der Waals surface area contributed by atoms with E-state index in [2.05, 4.69) is 20.8 Å². The van der Waals surface area contributed by atoms with E-state index in [4.69, 9.17) is 4.74 Å². The minimum atomic E-state index is -4.13. The number of carbonyl (C=O) groups excluding carboxylic acids is 1. The number of amides is 1. The Morgan fingerprint density at radius 2 is 1.48 bits per heavy atom. The molecule has 0 saturated carbocycles. The summed E-state index contributed by atoms with van der Waals surface area (Å²) in [6.45, 7) is 9.93. The van der Waals surface area contributed by atoms with Gasteiger partial charge in [-0.25, -0.2) is 8.42 Å². The van der Waals surface area contributed by atoms with Gasteiger partial charge in [0.2, 0.25) is 0 Å². The molecule has 3 aromatic rings. The van der Waals surface area contributed by atoms with E-state index in [-0.39, 0.29) is 16.0 Å². The second-order valence-corrected chi connectivity index (χ2v) is 10.8. The van der Waals surface area contributed by atoms with Crippen LogP contribution in [0.15, 0.2) is 83.8 Å². The summed E-state index contributed by atoms with van der Waals surface area (Å²) in [5.74, 6) is -0.162. The fraction of sp³-hybridized carbons (Fsp3) is 0.296. The lowest BCUT2D eigenvalue weighted by Crippen LogP contribution is -2.44. The molecule has 0 aliphatic rings. The highest BCUT2D eigenvalue weighted by Crippen LogP contribution is 2.28. The SMILES string of the molecule is CCc1ccc(N(C(=O)C(C)Oc2ccc(C(C)(C)C)cc2)S(=O)(=O)c2ccccc2)cc1. The van der Waals surface area contributed by atoms with Crippen molar-refractivity contribution in [3.05, 3.63) is 90.0 Å². The molecule has 0 aliphatic heterocycles. The molecule has 1 unspecified atom stereocenters. The highest BCUT2D eigenvalue weighted by Gasteiger charge is 2.34. The predicted molar refractivity (Wildman–Crippen MR) is 132 cm³/mol. The number of aryl methyl sites for hydroxylation is 1. The van der Waals surface area contributed by atoms with Gasteiger partial charge in [-0.2, -0.15) is 4.31 Å². The average Bonchev–Trinajstić information content (AvgIpc) is 2.80. The zero-order chi connectivity index (χ0) is 24.2. The smallest absolute Gasteiger partial charge is 0.281 e. The number of carbonyl (C=O) groups is 1. The number of anilines is 1. The van der Waals surface area contributed by atoms with Crippen molar-refractivity contribution in [1.29, 1.82) is 0 Å². The van der Waals surface area contributed by atoms with Crippen LogP contribution in [-0.4, -0.2) is 20.4 Å². The van der Waals surface area contributed by atoms with Gasteiger partial charge >= 0.3 is 0 Å². The van der Waals surface area contributed by atoms with Crippen LogP contribution in [-0.2, 0) is 26.7 Å². The molecule has 1 atom stereocenters. The van der Waals surface area contributed by atoms with Crippen molar-refractivity contribution < 1.29 is 17.9 Å². The summed E-state index contributed by atoms with van der Waals surface area (Å²) < 4.78 is 33.7. The number of sulfonamides is 1. The molecule has 0 saturated heterocycles. The van der Waals surface area contributed by atoms with Crippen molar-refractivity contribution >= 4 is 21.6 Å². The highest BCUT2D eigenvalue weighted by atomic mass is 32.2. The summed E-state index contributed by atoms with van der Waals surface area (Å²) in [4.78, 5) is 13.5. The number of hydrogen-bond donors (Lipinski definition) is 0. The third-order valence-electron chi connectivity index (χ3n) is 5.44. The number of ether oxygens (including phenoxy) is 1. The quantitative estimate of drug-likeness (QED) is 0.447. The Labute approximate surface area is 197 Å². The molecule has 0 aliphatic carbocycles. The lowest BCUT2D eigenvalue weighted by molar-refractivity contribution is -0.123. The highest BCUT2D eigenvalue weighted by molar-refractivity contribution is 7.93. The van der Waals surface area contributed by atoms with E-state index in [0.717, 1.165) is 21.9 Å². The summed E-state index contributed by atoms with van der Waals surface area (Å²) in [5.41, 5.74) is 2.45. The van der Waals surface area contributed by atoms with E-state index >= 15 is 0 Å². The van der Waals surface area contributed by atoms with Crippen molar-refractivity contribution in [3.8, 4) is 5.75 Å². The molecule has 0 N–H and O–H groups in total. The topological polar surface area (TPSA) is 63.7 Å². The number of hydrogen-bond acceptors (Lipinski definition) is 4. The molecule has 33 heavy (non-hydrogen) atoms. The molecule has 0 heterocycles. The van der Waals surface area contributed by atoms with Crippen LogP contribution in [0.2, 0.25) is 0 Å². The average molecular weight is 466 g/mol. The Kier molecular flexibility index (Phi) is 7.28. The lowest BCUT2D eigenvalue weighted by atomic mass is 9.87. The van der Waals surface area contributed by atoms with Crippen LogP contribution in [0.4, 0.5) is 5.69 Å². The van der Waals surface area contributed by atoms with Crippen LogP contribution in [0, 0.1) is 0 Å². The third kappa shape index (κ3) is 5.63. The van der Waals surface area contributed by atoms with Gasteiger partial charge in [-0.1, -0.05) is 70.2 Å². The molecule has 0 aromatic heterocycles. The van der Waals surface area contributed by atoms with Crippen molar-refractivity contribution in [2.75, 3.05) is 4.31 Å². The maximum atomic E-state index is 13.5. The number of benzene rings is 3. The van der Waals surface area contributed by atoms with E-state index in [9.17, 15) is 13.2 Å². The van der Waals surface area contributed by atoms with Gasteiger partial charge in [-0.15, -0.1) is 0 Å². The molecule has 5 nitrogen and oxygen atoms in total. The first-order valence-corrected chi connectivity index (χ1v) is 12.5. The van der Waals surface area contributed by atoms with Crippen molar-refractivity contribution in [3.63, 3.8) is 0 Å². The van der Waals surface area contributed by atoms with Gasteiger partial charge in [0, 0.05) is 0 Å². The van der Waals surface area contributed by atoms with Gasteiger partial charge in [-0.05, 0) is 66.3 Å². The summed E-state index contributed by atoms with van der Waals surface area (Å²) in [7, 11) is -4.13. The normalized spacial score (nSPS) is 12.8. The summed E-state index contributed by atoms with van der Waals surface area (Å²) in [5, 5.41) is 0. The molecule has 0 bridgehead atoms. The van der Waals surface area contributed by atoms with E-state index in [1.165, 1.54) is 12.1 Å². The number of rotatable bonds is 7. The molecule has 6 heteroatoms. The van der Waals surface area contributed by atoms with Crippen LogP contribution in [0.1, 0.15) is 45.7 Å². The van der Waals surface area contributed by atoms with Gasteiger partial charge in [-0.3, -0.25) is 4.79 Å². The van der Waals surface area contributed by atoms with E-state index in [1.807, 2.05) is 31.2 Å². The van der Waals surface area contributed by atoms with E-state index < -0.39 is 22.0 Å². The van der Waals surface area contributed by atoms with Gasteiger partial charge in [0.1, 0.15) is 5.75 Å². The summed E-state index contributed by atoms with van der Waals surface area (Å²) >= 11 is 0. The minimum Gasteiger partial charge on any atom is -0.481 e. The Bertz CT molecular complexity index is 1180. The molecular formula is C27H31NO4S. The molecule has 174 valence electrons. The Morgan fingerprint density at radius 1 is 0.909 bits per heavy atom.